The molecule has 0 saturated carbocycles. The molecular weight excluding hydrogens is 420 g/mol. The highest BCUT2D eigenvalue weighted by molar-refractivity contribution is 7.14. The zero-order valence-corrected chi connectivity index (χ0v) is 18.2. The molecule has 1 fully saturated rings. The van der Waals surface area contributed by atoms with Crippen LogP contribution in [0.1, 0.15) is 16.1 Å². The number of piperazine rings is 1. The minimum Gasteiger partial charge on any atom is -0.497 e. The van der Waals surface area contributed by atoms with Crippen molar-refractivity contribution in [2.24, 2.45) is 0 Å². The maximum atomic E-state index is 12.7. The second-order valence-electron chi connectivity index (χ2n) is 6.85. The summed E-state index contributed by atoms with van der Waals surface area (Å²) < 4.78 is 5.20. The van der Waals surface area contributed by atoms with Crippen molar-refractivity contribution in [1.82, 2.24) is 9.88 Å². The van der Waals surface area contributed by atoms with E-state index in [1.165, 1.54) is 22.7 Å². The minimum atomic E-state index is -0.182. The lowest BCUT2D eigenvalue weighted by Crippen LogP contribution is -2.49. The van der Waals surface area contributed by atoms with E-state index in [1.54, 1.807) is 18.6 Å². The van der Waals surface area contributed by atoms with Gasteiger partial charge in [0.15, 0.2) is 5.13 Å². The van der Waals surface area contributed by atoms with Crippen LogP contribution in [0.5, 0.6) is 5.75 Å². The summed E-state index contributed by atoms with van der Waals surface area (Å²) in [6.45, 7) is 2.93. The van der Waals surface area contributed by atoms with E-state index >= 15 is 0 Å². The van der Waals surface area contributed by atoms with Crippen molar-refractivity contribution < 1.29 is 14.3 Å². The van der Waals surface area contributed by atoms with Gasteiger partial charge in [0.2, 0.25) is 5.91 Å². The molecule has 0 atom stereocenters. The Morgan fingerprint density at radius 1 is 1.10 bits per heavy atom. The zero-order chi connectivity index (χ0) is 20.9. The van der Waals surface area contributed by atoms with Crippen LogP contribution >= 0.6 is 22.7 Å². The van der Waals surface area contributed by atoms with Crippen LogP contribution in [0.15, 0.2) is 46.5 Å². The standard InChI is InChI=1S/C21H22N4O3S2/c1-28-18-4-2-17(3-5-18)24-7-9-25(10-8-24)19(26)12-16-14-30-21(22-16)23-20(27)15-6-11-29-13-15/h2-6,11,13-14H,7-10,12H2,1H3,(H,22,23,27). The minimum absolute atomic E-state index is 0.0605. The molecule has 4 rings (SSSR count). The topological polar surface area (TPSA) is 74.8 Å². The Kier molecular flexibility index (Phi) is 6.29. The Morgan fingerprint density at radius 2 is 1.87 bits per heavy atom. The summed E-state index contributed by atoms with van der Waals surface area (Å²) in [4.78, 5) is 33.3. The number of thiazole rings is 1. The summed E-state index contributed by atoms with van der Waals surface area (Å²) in [5, 5.41) is 8.77. The number of nitrogens with one attached hydrogen (secondary N) is 1. The molecule has 0 bridgehead atoms. The number of carbonyl (C=O) groups excluding carboxylic acids is 2. The van der Waals surface area contributed by atoms with Crippen molar-refractivity contribution in [3.05, 3.63) is 57.7 Å². The number of anilines is 2. The molecule has 30 heavy (non-hydrogen) atoms. The summed E-state index contributed by atoms with van der Waals surface area (Å²) in [5.41, 5.74) is 2.43. The van der Waals surface area contributed by atoms with Crippen LogP contribution in [0.25, 0.3) is 0 Å². The molecule has 0 spiro atoms. The van der Waals surface area contributed by atoms with Crippen LogP contribution < -0.4 is 15.0 Å². The lowest BCUT2D eigenvalue weighted by Gasteiger charge is -2.36. The fourth-order valence-electron chi connectivity index (χ4n) is 3.28. The van der Waals surface area contributed by atoms with Gasteiger partial charge in [-0.1, -0.05) is 0 Å². The highest BCUT2D eigenvalue weighted by Crippen LogP contribution is 2.21. The molecule has 9 heteroatoms. The first-order valence-corrected chi connectivity index (χ1v) is 11.4. The van der Waals surface area contributed by atoms with Crippen LogP contribution in [0.4, 0.5) is 10.8 Å². The first-order valence-electron chi connectivity index (χ1n) is 9.57. The molecule has 1 aromatic carbocycles. The van der Waals surface area contributed by atoms with Gasteiger partial charge in [-0.3, -0.25) is 14.9 Å². The highest BCUT2D eigenvalue weighted by atomic mass is 32.1. The summed E-state index contributed by atoms with van der Waals surface area (Å²) in [7, 11) is 1.66. The number of aromatic nitrogens is 1. The van der Waals surface area contributed by atoms with Gasteiger partial charge < -0.3 is 14.5 Å². The maximum Gasteiger partial charge on any atom is 0.258 e. The van der Waals surface area contributed by atoms with E-state index in [0.717, 1.165) is 24.5 Å². The summed E-state index contributed by atoms with van der Waals surface area (Å²) in [5.74, 6) is 0.713. The normalized spacial score (nSPS) is 13.9. The van der Waals surface area contributed by atoms with Crippen LogP contribution in [-0.4, -0.2) is 55.0 Å². The number of carbonyl (C=O) groups is 2. The maximum absolute atomic E-state index is 12.7. The first-order chi connectivity index (χ1) is 14.6. The van der Waals surface area contributed by atoms with Gasteiger partial charge in [0, 0.05) is 42.6 Å². The van der Waals surface area contributed by atoms with Gasteiger partial charge in [0.25, 0.3) is 5.91 Å². The number of rotatable bonds is 6. The number of hydrogen-bond acceptors (Lipinski definition) is 7. The SMILES string of the molecule is COc1ccc(N2CCN(C(=O)Cc3csc(NC(=O)c4ccsc4)n3)CC2)cc1. The molecule has 2 aromatic heterocycles. The summed E-state index contributed by atoms with van der Waals surface area (Å²) >= 11 is 2.81. The van der Waals surface area contributed by atoms with E-state index in [1.807, 2.05) is 39.9 Å². The van der Waals surface area contributed by atoms with Crippen molar-refractivity contribution in [3.8, 4) is 5.75 Å². The molecule has 0 unspecified atom stereocenters. The lowest BCUT2D eigenvalue weighted by molar-refractivity contribution is -0.130. The van der Waals surface area contributed by atoms with E-state index in [-0.39, 0.29) is 18.2 Å². The molecule has 3 aromatic rings. The third-order valence-corrected chi connectivity index (χ3v) is 6.45. The Labute approximate surface area is 182 Å². The van der Waals surface area contributed by atoms with Gasteiger partial charge in [0.05, 0.1) is 24.8 Å². The molecule has 1 aliphatic rings. The third kappa shape index (κ3) is 4.80. The molecular formula is C21H22N4O3S2. The number of amides is 2. The smallest absolute Gasteiger partial charge is 0.258 e. The predicted octanol–water partition coefficient (Wildman–Crippen LogP) is 3.36. The van der Waals surface area contributed by atoms with Gasteiger partial charge >= 0.3 is 0 Å². The van der Waals surface area contributed by atoms with Crippen molar-refractivity contribution in [2.75, 3.05) is 43.5 Å². The number of ether oxygens (including phenoxy) is 1. The van der Waals surface area contributed by atoms with Gasteiger partial charge in [-0.15, -0.1) is 11.3 Å². The van der Waals surface area contributed by atoms with E-state index in [4.69, 9.17) is 4.74 Å². The Bertz CT molecular complexity index is 994. The number of hydrogen-bond donors (Lipinski definition) is 1. The van der Waals surface area contributed by atoms with E-state index in [2.05, 4.69) is 15.2 Å². The van der Waals surface area contributed by atoms with E-state index in [0.29, 0.717) is 29.5 Å². The van der Waals surface area contributed by atoms with Gasteiger partial charge in [-0.25, -0.2) is 4.98 Å². The molecule has 3 heterocycles. The number of methoxy groups -OCH3 is 1. The lowest BCUT2D eigenvalue weighted by atomic mass is 10.2. The quantitative estimate of drug-likeness (QED) is 0.634. The van der Waals surface area contributed by atoms with Crippen LogP contribution in [0.2, 0.25) is 0 Å². The molecule has 156 valence electrons. The third-order valence-electron chi connectivity index (χ3n) is 4.96. The largest absolute Gasteiger partial charge is 0.497 e. The molecule has 1 aliphatic heterocycles. The molecule has 1 saturated heterocycles. The Balaban J connectivity index is 1.27. The van der Waals surface area contributed by atoms with Gasteiger partial charge in [-0.05, 0) is 35.7 Å². The van der Waals surface area contributed by atoms with Crippen LogP contribution in [0, 0.1) is 0 Å². The molecule has 0 aliphatic carbocycles. The van der Waals surface area contributed by atoms with Crippen molar-refractivity contribution in [3.63, 3.8) is 0 Å². The van der Waals surface area contributed by atoms with Crippen LogP contribution in [-0.2, 0) is 11.2 Å². The second-order valence-corrected chi connectivity index (χ2v) is 8.49. The second kappa shape index (κ2) is 9.27. The highest BCUT2D eigenvalue weighted by Gasteiger charge is 2.22. The Hall–Kier alpha value is -2.91. The van der Waals surface area contributed by atoms with E-state index < -0.39 is 0 Å². The van der Waals surface area contributed by atoms with Crippen molar-refractivity contribution in [2.45, 2.75) is 6.42 Å². The molecule has 2 amide bonds. The zero-order valence-electron chi connectivity index (χ0n) is 16.5. The fraction of sp³-hybridized carbons (Fsp3) is 0.286. The average molecular weight is 443 g/mol. The predicted molar refractivity (Wildman–Crippen MR) is 120 cm³/mol. The monoisotopic (exact) mass is 442 g/mol. The van der Waals surface area contributed by atoms with E-state index in [9.17, 15) is 9.59 Å². The van der Waals surface area contributed by atoms with Gasteiger partial charge in [0.1, 0.15) is 5.75 Å². The number of thiophene rings is 1. The van der Waals surface area contributed by atoms with Gasteiger partial charge in [-0.2, -0.15) is 11.3 Å². The molecule has 7 nitrogen and oxygen atoms in total. The summed E-state index contributed by atoms with van der Waals surface area (Å²) in [6.07, 6.45) is 0.243. The Morgan fingerprint density at radius 3 is 2.53 bits per heavy atom. The number of benzene rings is 1. The first kappa shape index (κ1) is 20.4. The summed E-state index contributed by atoms with van der Waals surface area (Å²) in [6, 6.07) is 9.74. The van der Waals surface area contributed by atoms with Crippen molar-refractivity contribution >= 4 is 45.3 Å². The number of nitrogens with zero attached hydrogens (tertiary/aromatic N) is 3. The van der Waals surface area contributed by atoms with Crippen LogP contribution in [0.3, 0.4) is 0 Å². The average Bonchev–Trinajstić information content (AvgIpc) is 3.46. The molecule has 1 N–H and O–H groups in total. The molecule has 0 radical (unpaired) electrons. The fourth-order valence-corrected chi connectivity index (χ4v) is 4.62. The van der Waals surface area contributed by atoms with Crippen molar-refractivity contribution in [1.29, 1.82) is 0 Å².